The van der Waals surface area contributed by atoms with Gasteiger partial charge >= 0.3 is 0 Å². The molecule has 0 N–H and O–H groups in total. The van der Waals surface area contributed by atoms with E-state index in [1.165, 1.54) is 12.1 Å². The van der Waals surface area contributed by atoms with Gasteiger partial charge in [-0.1, -0.05) is 17.7 Å². The van der Waals surface area contributed by atoms with Crippen LogP contribution in [-0.2, 0) is 14.3 Å². The van der Waals surface area contributed by atoms with Crippen LogP contribution in [0.3, 0.4) is 0 Å². The Kier molecular flexibility index (Phi) is 3.14. The fourth-order valence-corrected chi connectivity index (χ4v) is 3.99. The molecule has 1 aromatic carbocycles. The molecule has 0 aromatic heterocycles. The summed E-state index contributed by atoms with van der Waals surface area (Å²) in [5.41, 5.74) is 0.960. The minimum absolute atomic E-state index is 0.000705. The average Bonchev–Trinajstić information content (AvgIpc) is 2.78. The first kappa shape index (κ1) is 13.9. The summed E-state index contributed by atoms with van der Waals surface area (Å²) in [6.45, 7) is 1.86. The summed E-state index contributed by atoms with van der Waals surface area (Å²) in [6, 6.07) is 6.37. The number of hydrogen-bond donors (Lipinski definition) is 0. The predicted octanol–water partition coefficient (Wildman–Crippen LogP) is 2.99. The molecule has 3 rings (SSSR count). The van der Waals surface area contributed by atoms with E-state index >= 15 is 0 Å². The van der Waals surface area contributed by atoms with E-state index in [2.05, 4.69) is 0 Å². The Morgan fingerprint density at radius 1 is 1.20 bits per heavy atom. The third-order valence-corrected chi connectivity index (χ3v) is 5.60. The van der Waals surface area contributed by atoms with Crippen LogP contribution in [0.2, 0.25) is 0 Å². The van der Waals surface area contributed by atoms with Gasteiger partial charge in [-0.25, -0.2) is 8.78 Å². The summed E-state index contributed by atoms with van der Waals surface area (Å²) in [5, 5.41) is 0. The monoisotopic (exact) mass is 302 g/mol. The summed E-state index contributed by atoms with van der Waals surface area (Å²) < 4.78 is 55.0. The van der Waals surface area contributed by atoms with E-state index in [-0.39, 0.29) is 17.4 Å². The van der Waals surface area contributed by atoms with Crippen LogP contribution in [0.4, 0.5) is 8.78 Å². The number of hydrogen-bond acceptors (Lipinski definition) is 3. The molecule has 3 nitrogen and oxygen atoms in total. The van der Waals surface area contributed by atoms with Gasteiger partial charge in [-0.15, -0.1) is 0 Å². The first-order valence-electron chi connectivity index (χ1n) is 6.64. The zero-order valence-corrected chi connectivity index (χ0v) is 11.9. The van der Waals surface area contributed by atoms with Gasteiger partial charge in [0.25, 0.3) is 16.0 Å². The fraction of sp³-hybridized carbons (Fsp3) is 0.571. The molecule has 2 unspecified atom stereocenters. The summed E-state index contributed by atoms with van der Waals surface area (Å²) >= 11 is 0. The van der Waals surface area contributed by atoms with Crippen molar-refractivity contribution in [3.63, 3.8) is 0 Å². The summed E-state index contributed by atoms with van der Waals surface area (Å²) in [5.74, 6) is -3.71. The first-order valence-corrected chi connectivity index (χ1v) is 8.05. The molecule has 0 amide bonds. The lowest BCUT2D eigenvalue weighted by Crippen LogP contribution is -2.16. The Labute approximate surface area is 117 Å². The average molecular weight is 302 g/mol. The normalized spacial score (nSPS) is 31.1. The van der Waals surface area contributed by atoms with Gasteiger partial charge in [-0.05, 0) is 37.8 Å². The predicted molar refractivity (Wildman–Crippen MR) is 69.0 cm³/mol. The SMILES string of the molecule is Cc1ccc(S(=O)(=O)OCC2CC3C(C2)C3(F)F)cc1. The van der Waals surface area contributed by atoms with Crippen molar-refractivity contribution >= 4 is 10.1 Å². The van der Waals surface area contributed by atoms with Crippen molar-refractivity contribution in [2.45, 2.75) is 30.6 Å². The Balaban J connectivity index is 1.58. The molecular formula is C14H16F2O3S. The molecule has 0 aliphatic heterocycles. The van der Waals surface area contributed by atoms with E-state index < -0.39 is 27.9 Å². The highest BCUT2D eigenvalue weighted by Crippen LogP contribution is 2.65. The van der Waals surface area contributed by atoms with E-state index in [1.54, 1.807) is 12.1 Å². The molecule has 0 saturated heterocycles. The van der Waals surface area contributed by atoms with Crippen molar-refractivity contribution in [1.82, 2.24) is 0 Å². The second-order valence-electron chi connectivity index (χ2n) is 5.78. The molecule has 0 bridgehead atoms. The molecule has 2 fully saturated rings. The highest BCUT2D eigenvalue weighted by Gasteiger charge is 2.71. The maximum atomic E-state index is 13.0. The van der Waals surface area contributed by atoms with Crippen LogP contribution in [0, 0.1) is 24.7 Å². The lowest BCUT2D eigenvalue weighted by atomic mass is 10.0. The molecule has 2 atom stereocenters. The molecule has 0 spiro atoms. The van der Waals surface area contributed by atoms with Gasteiger partial charge < -0.3 is 0 Å². The summed E-state index contributed by atoms with van der Waals surface area (Å²) in [6.07, 6.45) is 0.724. The molecular weight excluding hydrogens is 286 g/mol. The van der Waals surface area contributed by atoms with E-state index in [9.17, 15) is 17.2 Å². The van der Waals surface area contributed by atoms with Gasteiger partial charge in [0.2, 0.25) is 0 Å². The molecule has 2 saturated carbocycles. The van der Waals surface area contributed by atoms with Crippen LogP contribution in [0.5, 0.6) is 0 Å². The number of alkyl halides is 2. The Hall–Kier alpha value is -1.01. The summed E-state index contributed by atoms with van der Waals surface area (Å²) in [7, 11) is -3.78. The van der Waals surface area contributed by atoms with Gasteiger partial charge in [0, 0.05) is 11.8 Å². The summed E-state index contributed by atoms with van der Waals surface area (Å²) in [4.78, 5) is 0.108. The van der Waals surface area contributed by atoms with Crippen LogP contribution in [-0.4, -0.2) is 20.9 Å². The zero-order valence-electron chi connectivity index (χ0n) is 11.1. The maximum Gasteiger partial charge on any atom is 0.296 e. The molecule has 2 aliphatic carbocycles. The Morgan fingerprint density at radius 3 is 2.30 bits per heavy atom. The minimum Gasteiger partial charge on any atom is -0.266 e. The second-order valence-corrected chi connectivity index (χ2v) is 7.39. The molecule has 1 aromatic rings. The third kappa shape index (κ3) is 2.35. The lowest BCUT2D eigenvalue weighted by molar-refractivity contribution is 0.0585. The molecule has 20 heavy (non-hydrogen) atoms. The number of fused-ring (bicyclic) bond motifs is 1. The lowest BCUT2D eigenvalue weighted by Gasteiger charge is -2.14. The number of benzene rings is 1. The standard InChI is InChI=1S/C14H16F2O3S/c1-9-2-4-11(5-3-9)20(17,18)19-8-10-6-12-13(7-10)14(12,15)16/h2-5,10,12-13H,6-8H2,1H3. The van der Waals surface area contributed by atoms with E-state index in [0.717, 1.165) is 5.56 Å². The van der Waals surface area contributed by atoms with Crippen molar-refractivity contribution in [3.05, 3.63) is 29.8 Å². The quantitative estimate of drug-likeness (QED) is 0.803. The highest BCUT2D eigenvalue weighted by atomic mass is 32.2. The Bertz CT molecular complexity index is 596. The number of halogens is 2. The maximum absolute atomic E-state index is 13.0. The smallest absolute Gasteiger partial charge is 0.266 e. The minimum atomic E-state index is -3.78. The number of rotatable bonds is 4. The van der Waals surface area contributed by atoms with Gasteiger partial charge in [0.15, 0.2) is 0 Å². The first-order chi connectivity index (χ1) is 9.30. The van der Waals surface area contributed by atoms with E-state index in [0.29, 0.717) is 12.8 Å². The Morgan fingerprint density at radius 2 is 1.75 bits per heavy atom. The van der Waals surface area contributed by atoms with Gasteiger partial charge in [-0.2, -0.15) is 8.42 Å². The highest BCUT2D eigenvalue weighted by molar-refractivity contribution is 7.86. The third-order valence-electron chi connectivity index (χ3n) is 4.31. The van der Waals surface area contributed by atoms with Crippen LogP contribution in [0.25, 0.3) is 0 Å². The van der Waals surface area contributed by atoms with Crippen LogP contribution < -0.4 is 0 Å². The van der Waals surface area contributed by atoms with Crippen molar-refractivity contribution in [2.24, 2.45) is 17.8 Å². The van der Waals surface area contributed by atoms with Crippen LogP contribution >= 0.6 is 0 Å². The topological polar surface area (TPSA) is 43.4 Å². The van der Waals surface area contributed by atoms with Crippen LogP contribution in [0.1, 0.15) is 18.4 Å². The van der Waals surface area contributed by atoms with Crippen molar-refractivity contribution in [2.75, 3.05) is 6.61 Å². The van der Waals surface area contributed by atoms with Gasteiger partial charge in [0.1, 0.15) is 0 Å². The molecule has 2 aliphatic rings. The molecule has 6 heteroatoms. The van der Waals surface area contributed by atoms with E-state index in [1.807, 2.05) is 6.92 Å². The van der Waals surface area contributed by atoms with Gasteiger partial charge in [-0.3, -0.25) is 4.18 Å². The van der Waals surface area contributed by atoms with Crippen molar-refractivity contribution < 1.29 is 21.4 Å². The van der Waals surface area contributed by atoms with Crippen LogP contribution in [0.15, 0.2) is 29.2 Å². The fourth-order valence-electron chi connectivity index (χ4n) is 3.01. The number of aryl methyl sites for hydroxylation is 1. The van der Waals surface area contributed by atoms with E-state index in [4.69, 9.17) is 4.18 Å². The molecule has 0 heterocycles. The molecule has 110 valence electrons. The van der Waals surface area contributed by atoms with Gasteiger partial charge in [0.05, 0.1) is 11.5 Å². The molecule has 0 radical (unpaired) electrons. The van der Waals surface area contributed by atoms with Crippen molar-refractivity contribution in [3.8, 4) is 0 Å². The van der Waals surface area contributed by atoms with Crippen molar-refractivity contribution in [1.29, 1.82) is 0 Å². The zero-order chi connectivity index (χ0) is 14.5. The second kappa shape index (κ2) is 4.49. The largest absolute Gasteiger partial charge is 0.296 e.